The van der Waals surface area contributed by atoms with Gasteiger partial charge in [-0.3, -0.25) is 9.78 Å². The predicted octanol–water partition coefficient (Wildman–Crippen LogP) is 3.69. The highest BCUT2D eigenvalue weighted by Gasteiger charge is 2.22. The molecule has 33 heavy (non-hydrogen) atoms. The number of nitrogens with two attached hydrogens (primary N) is 1. The van der Waals surface area contributed by atoms with Gasteiger partial charge in [0.15, 0.2) is 0 Å². The molecule has 1 amide bonds. The fourth-order valence-electron chi connectivity index (χ4n) is 3.64. The van der Waals surface area contributed by atoms with Gasteiger partial charge >= 0.3 is 6.01 Å². The summed E-state index contributed by atoms with van der Waals surface area (Å²) in [5.74, 6) is 0.734. The first-order valence-electron chi connectivity index (χ1n) is 10.5. The molecule has 3 aromatic heterocycles. The lowest BCUT2D eigenvalue weighted by atomic mass is 10.0. The van der Waals surface area contributed by atoms with E-state index >= 15 is 0 Å². The van der Waals surface area contributed by atoms with E-state index in [0.717, 1.165) is 28.6 Å². The Balaban J connectivity index is 1.36. The smallest absolute Gasteiger partial charge is 0.312 e. The minimum atomic E-state index is -0.479. The van der Waals surface area contributed by atoms with Crippen LogP contribution in [-0.4, -0.2) is 31.1 Å². The van der Waals surface area contributed by atoms with Crippen LogP contribution < -0.4 is 11.1 Å². The maximum atomic E-state index is 13.1. The van der Waals surface area contributed by atoms with Crippen LogP contribution in [-0.2, 0) is 6.42 Å². The minimum absolute atomic E-state index is 0.0357. The molecule has 0 saturated heterocycles. The maximum absolute atomic E-state index is 13.1. The Bertz CT molecular complexity index is 1380. The van der Waals surface area contributed by atoms with Crippen LogP contribution in [0.1, 0.15) is 34.3 Å². The van der Waals surface area contributed by atoms with Gasteiger partial charge < -0.3 is 20.5 Å². The molecule has 0 spiro atoms. The number of rotatable bonds is 7. The van der Waals surface area contributed by atoms with Crippen LogP contribution in [0.5, 0.6) is 0 Å². The highest BCUT2D eigenvalue weighted by atomic mass is 16.4. The molecule has 0 aliphatic heterocycles. The number of nitrogens with zero attached hydrogens (tertiary/aromatic N) is 4. The summed E-state index contributed by atoms with van der Waals surface area (Å²) in [6.07, 6.45) is 4.72. The largest absolute Gasteiger partial charge is 0.406 e. The number of carbonyl (C=O) groups is 1. The van der Waals surface area contributed by atoms with Crippen LogP contribution in [0.25, 0.3) is 22.4 Å². The van der Waals surface area contributed by atoms with Crippen molar-refractivity contribution in [1.29, 1.82) is 0 Å². The lowest BCUT2D eigenvalue weighted by molar-refractivity contribution is 0.0928. The number of hydrogen-bond acceptors (Lipinski definition) is 7. The summed E-state index contributed by atoms with van der Waals surface area (Å²) >= 11 is 0. The van der Waals surface area contributed by atoms with Crippen molar-refractivity contribution in [3.05, 3.63) is 90.1 Å². The number of fused-ring (bicyclic) bond motifs is 1. The number of anilines is 1. The summed E-state index contributed by atoms with van der Waals surface area (Å²) in [7, 11) is 0. The van der Waals surface area contributed by atoms with Crippen LogP contribution in [0.4, 0.5) is 6.01 Å². The first-order chi connectivity index (χ1) is 16.2. The number of nitrogens with one attached hydrogen (secondary N) is 2. The van der Waals surface area contributed by atoms with E-state index in [4.69, 9.17) is 10.2 Å². The average Bonchev–Trinajstić information content (AvgIpc) is 3.48. The Hall–Kier alpha value is -4.53. The van der Waals surface area contributed by atoms with Crippen molar-refractivity contribution in [2.45, 2.75) is 18.9 Å². The van der Waals surface area contributed by atoms with Gasteiger partial charge in [-0.05, 0) is 48.7 Å². The van der Waals surface area contributed by atoms with E-state index in [0.29, 0.717) is 17.8 Å². The molecule has 9 nitrogen and oxygen atoms in total. The maximum Gasteiger partial charge on any atom is 0.312 e. The van der Waals surface area contributed by atoms with Crippen molar-refractivity contribution < 1.29 is 9.21 Å². The number of amides is 1. The molecule has 0 saturated carbocycles. The predicted molar refractivity (Wildman–Crippen MR) is 123 cm³/mol. The molecule has 0 aliphatic rings. The highest BCUT2D eigenvalue weighted by molar-refractivity contribution is 5.97. The van der Waals surface area contributed by atoms with Crippen LogP contribution in [0.3, 0.4) is 0 Å². The van der Waals surface area contributed by atoms with Crippen LogP contribution in [0.2, 0.25) is 0 Å². The monoisotopic (exact) mass is 439 g/mol. The van der Waals surface area contributed by atoms with Gasteiger partial charge in [-0.1, -0.05) is 35.4 Å². The first kappa shape index (κ1) is 20.4. The summed E-state index contributed by atoms with van der Waals surface area (Å²) < 4.78 is 5.41. The minimum Gasteiger partial charge on any atom is -0.406 e. The van der Waals surface area contributed by atoms with E-state index in [9.17, 15) is 4.79 Å². The first-order valence-corrected chi connectivity index (χ1v) is 10.5. The Morgan fingerprint density at radius 2 is 1.88 bits per heavy atom. The third kappa shape index (κ3) is 4.57. The van der Waals surface area contributed by atoms with Crippen molar-refractivity contribution in [2.24, 2.45) is 0 Å². The lowest BCUT2D eigenvalue weighted by Crippen LogP contribution is -2.29. The zero-order chi connectivity index (χ0) is 22.6. The van der Waals surface area contributed by atoms with E-state index in [1.54, 1.807) is 24.5 Å². The Kier molecular flexibility index (Phi) is 5.50. The number of carbonyl (C=O) groups excluding carboxylic acids is 1. The van der Waals surface area contributed by atoms with Gasteiger partial charge in [0.2, 0.25) is 5.89 Å². The summed E-state index contributed by atoms with van der Waals surface area (Å²) in [6, 6.07) is 18.6. The number of pyridine rings is 1. The van der Waals surface area contributed by atoms with E-state index in [2.05, 4.69) is 30.5 Å². The third-order valence-corrected chi connectivity index (χ3v) is 5.32. The van der Waals surface area contributed by atoms with Gasteiger partial charge in [0.05, 0.1) is 11.0 Å². The van der Waals surface area contributed by atoms with E-state index in [-0.39, 0.29) is 17.8 Å². The molecule has 2 aromatic carbocycles. The fraction of sp³-hybridized carbons (Fsp3) is 0.125. The Morgan fingerprint density at radius 3 is 2.64 bits per heavy atom. The van der Waals surface area contributed by atoms with Crippen molar-refractivity contribution in [3.63, 3.8) is 0 Å². The zero-order valence-electron chi connectivity index (χ0n) is 17.6. The molecule has 0 radical (unpaired) electrons. The molecule has 164 valence electrons. The van der Waals surface area contributed by atoms with Crippen molar-refractivity contribution in [1.82, 2.24) is 30.5 Å². The highest BCUT2D eigenvalue weighted by Crippen LogP contribution is 2.23. The van der Waals surface area contributed by atoms with Gasteiger partial charge in [0.25, 0.3) is 5.91 Å². The van der Waals surface area contributed by atoms with Crippen LogP contribution in [0.15, 0.2) is 77.5 Å². The molecule has 9 heteroatoms. The molecule has 1 atom stereocenters. The number of H-pyrrole nitrogens is 1. The van der Waals surface area contributed by atoms with Crippen molar-refractivity contribution in [2.75, 3.05) is 5.73 Å². The molecule has 0 fully saturated rings. The number of aromatic amines is 1. The number of imidazole rings is 1. The second-order valence-corrected chi connectivity index (χ2v) is 7.58. The van der Waals surface area contributed by atoms with E-state index in [1.165, 1.54) is 0 Å². The summed E-state index contributed by atoms with van der Waals surface area (Å²) in [5, 5.41) is 10.7. The standard InChI is InChI=1S/C24H21N7O2/c25-24-31-30-23(33-24)19(8-6-15-4-2-1-3-5-15)29-22(32)17-7-9-18-20(14-17)28-21(27-18)16-10-12-26-13-11-16/h1-5,7,9-14,19H,6,8H2,(H2,25,31)(H,27,28)(H,29,32). The van der Waals surface area contributed by atoms with Crippen molar-refractivity contribution in [3.8, 4) is 11.4 Å². The molecule has 3 heterocycles. The van der Waals surface area contributed by atoms with Gasteiger partial charge in [-0.2, -0.15) is 0 Å². The topological polar surface area (TPSA) is 136 Å². The quantitative estimate of drug-likeness (QED) is 0.352. The molecule has 4 N–H and O–H groups in total. The summed E-state index contributed by atoms with van der Waals surface area (Å²) in [5.41, 5.74) is 9.69. The molecule has 1 unspecified atom stereocenters. The molecule has 0 aliphatic carbocycles. The molecular formula is C24H21N7O2. The lowest BCUT2D eigenvalue weighted by Gasteiger charge is -2.15. The molecular weight excluding hydrogens is 418 g/mol. The van der Waals surface area contributed by atoms with Gasteiger partial charge in [0, 0.05) is 23.5 Å². The zero-order valence-corrected chi connectivity index (χ0v) is 17.6. The number of aryl methyl sites for hydroxylation is 1. The van der Waals surface area contributed by atoms with Crippen LogP contribution >= 0.6 is 0 Å². The Morgan fingerprint density at radius 1 is 1.06 bits per heavy atom. The summed E-state index contributed by atoms with van der Waals surface area (Å²) in [6.45, 7) is 0. The van der Waals surface area contributed by atoms with Gasteiger partial charge in [0.1, 0.15) is 11.9 Å². The van der Waals surface area contributed by atoms with Crippen LogP contribution in [0, 0.1) is 0 Å². The average molecular weight is 439 g/mol. The third-order valence-electron chi connectivity index (χ3n) is 5.32. The number of aromatic nitrogens is 5. The summed E-state index contributed by atoms with van der Waals surface area (Å²) in [4.78, 5) is 25.0. The SMILES string of the molecule is Nc1nnc(C(CCc2ccccc2)NC(=O)c2ccc3nc(-c4ccncc4)[nH]c3c2)o1. The molecule has 5 rings (SSSR count). The van der Waals surface area contributed by atoms with E-state index < -0.39 is 6.04 Å². The number of nitrogen functional groups attached to an aromatic ring is 1. The normalized spacial score (nSPS) is 12.0. The van der Waals surface area contributed by atoms with E-state index in [1.807, 2.05) is 48.5 Å². The second-order valence-electron chi connectivity index (χ2n) is 7.58. The number of hydrogen-bond donors (Lipinski definition) is 3. The fourth-order valence-corrected chi connectivity index (χ4v) is 3.64. The van der Waals surface area contributed by atoms with Gasteiger partial charge in [-0.15, -0.1) is 5.10 Å². The molecule has 5 aromatic rings. The second kappa shape index (κ2) is 8.91. The van der Waals surface area contributed by atoms with Gasteiger partial charge in [-0.25, -0.2) is 4.98 Å². The number of benzene rings is 2. The molecule has 0 bridgehead atoms. The Labute approximate surface area is 189 Å². The van der Waals surface area contributed by atoms with Crippen molar-refractivity contribution >= 4 is 23.0 Å².